The first kappa shape index (κ1) is 17.1. The van der Waals surface area contributed by atoms with Crippen molar-refractivity contribution in [3.63, 3.8) is 0 Å². The van der Waals surface area contributed by atoms with Gasteiger partial charge in [-0.15, -0.1) is 0 Å². The third-order valence-electron chi connectivity index (χ3n) is 4.62. The summed E-state index contributed by atoms with van der Waals surface area (Å²) in [6.07, 6.45) is 5.05. The van der Waals surface area contributed by atoms with E-state index in [0.717, 1.165) is 62.6 Å². The second-order valence-electron chi connectivity index (χ2n) is 7.22. The number of anilines is 1. The van der Waals surface area contributed by atoms with Crippen LogP contribution in [-0.4, -0.2) is 42.2 Å². The Morgan fingerprint density at radius 2 is 2.25 bits per heavy atom. The lowest BCUT2D eigenvalue weighted by Gasteiger charge is -2.23. The van der Waals surface area contributed by atoms with Crippen molar-refractivity contribution >= 4 is 11.7 Å². The summed E-state index contributed by atoms with van der Waals surface area (Å²) in [7, 11) is 0. The number of amides is 1. The normalized spacial score (nSPS) is 20.6. The van der Waals surface area contributed by atoms with E-state index < -0.39 is 0 Å². The molecule has 1 aromatic heterocycles. The number of rotatable bonds is 6. The lowest BCUT2D eigenvalue weighted by Crippen LogP contribution is -2.34. The highest BCUT2D eigenvalue weighted by atomic mass is 16.5. The van der Waals surface area contributed by atoms with Crippen LogP contribution in [-0.2, 0) is 17.6 Å². The highest BCUT2D eigenvalue weighted by molar-refractivity contribution is 5.95. The Hall–Kier alpha value is -1.69. The van der Waals surface area contributed by atoms with Crippen LogP contribution in [0.15, 0.2) is 0 Å². The van der Waals surface area contributed by atoms with E-state index in [1.54, 1.807) is 0 Å². The van der Waals surface area contributed by atoms with Crippen LogP contribution in [0.1, 0.15) is 55.0 Å². The second-order valence-corrected chi connectivity index (χ2v) is 7.22. The Bertz CT molecular complexity index is 583. The third-order valence-corrected chi connectivity index (χ3v) is 4.62. The Kier molecular flexibility index (Phi) is 5.66. The molecule has 3 heterocycles. The Balaban J connectivity index is 1.72. The molecule has 1 fully saturated rings. The standard InChI is InChI=1S/C18H28N4O2/c1-12(2)10-15-21-16-14(6-8-20-18(16)23)17(22-15)19-7-5-13-4-3-9-24-11-13/h12-13H,3-11H2,1-2H3,(H,20,23)(H,19,21,22). The van der Waals surface area contributed by atoms with Crippen LogP contribution in [0, 0.1) is 11.8 Å². The van der Waals surface area contributed by atoms with Gasteiger partial charge in [0.25, 0.3) is 5.91 Å². The van der Waals surface area contributed by atoms with Crippen LogP contribution in [0.2, 0.25) is 0 Å². The molecular formula is C18H28N4O2. The molecule has 24 heavy (non-hydrogen) atoms. The average molecular weight is 332 g/mol. The SMILES string of the molecule is CC(C)Cc1nc(NCCC2CCCOC2)c2c(n1)C(=O)NCC2. The zero-order valence-electron chi connectivity index (χ0n) is 14.7. The highest BCUT2D eigenvalue weighted by Crippen LogP contribution is 2.22. The van der Waals surface area contributed by atoms with Gasteiger partial charge in [-0.05, 0) is 37.5 Å². The van der Waals surface area contributed by atoms with Crippen LogP contribution in [0.3, 0.4) is 0 Å². The van der Waals surface area contributed by atoms with Gasteiger partial charge in [0.15, 0.2) is 0 Å². The number of nitrogens with one attached hydrogen (secondary N) is 2. The predicted molar refractivity (Wildman–Crippen MR) is 93.3 cm³/mol. The number of hydrogen-bond acceptors (Lipinski definition) is 5. The molecule has 1 aromatic rings. The summed E-state index contributed by atoms with van der Waals surface area (Å²) in [5, 5.41) is 6.35. The monoisotopic (exact) mass is 332 g/mol. The molecule has 132 valence electrons. The zero-order chi connectivity index (χ0) is 16.9. The molecule has 0 aliphatic carbocycles. The summed E-state index contributed by atoms with van der Waals surface area (Å²) < 4.78 is 5.55. The largest absolute Gasteiger partial charge is 0.381 e. The highest BCUT2D eigenvalue weighted by Gasteiger charge is 2.24. The maximum atomic E-state index is 12.2. The summed E-state index contributed by atoms with van der Waals surface area (Å²) in [6, 6.07) is 0. The average Bonchev–Trinajstić information content (AvgIpc) is 2.56. The van der Waals surface area contributed by atoms with Crippen molar-refractivity contribution in [3.05, 3.63) is 17.1 Å². The van der Waals surface area contributed by atoms with E-state index in [4.69, 9.17) is 9.72 Å². The van der Waals surface area contributed by atoms with Gasteiger partial charge < -0.3 is 15.4 Å². The number of carbonyl (C=O) groups excluding carboxylic acids is 1. The molecule has 0 aromatic carbocycles. The van der Waals surface area contributed by atoms with Gasteiger partial charge in [0.2, 0.25) is 0 Å². The molecule has 0 bridgehead atoms. The summed E-state index contributed by atoms with van der Waals surface area (Å²) in [5.74, 6) is 2.61. The molecule has 2 aliphatic rings. The van der Waals surface area contributed by atoms with Crippen molar-refractivity contribution in [2.45, 2.75) is 46.0 Å². The van der Waals surface area contributed by atoms with E-state index in [1.807, 2.05) is 0 Å². The van der Waals surface area contributed by atoms with Gasteiger partial charge in [-0.3, -0.25) is 4.79 Å². The van der Waals surface area contributed by atoms with Crippen molar-refractivity contribution in [2.75, 3.05) is 31.6 Å². The molecule has 1 amide bonds. The lowest BCUT2D eigenvalue weighted by molar-refractivity contribution is 0.0530. The summed E-state index contributed by atoms with van der Waals surface area (Å²) in [6.45, 7) is 7.56. The van der Waals surface area contributed by atoms with Gasteiger partial charge in [0.1, 0.15) is 17.3 Å². The molecule has 6 nitrogen and oxygen atoms in total. The molecule has 0 radical (unpaired) electrons. The maximum Gasteiger partial charge on any atom is 0.270 e. The molecule has 1 saturated heterocycles. The molecule has 1 atom stereocenters. The van der Waals surface area contributed by atoms with Gasteiger partial charge in [-0.25, -0.2) is 9.97 Å². The van der Waals surface area contributed by atoms with Gasteiger partial charge in [-0.2, -0.15) is 0 Å². The Morgan fingerprint density at radius 1 is 1.38 bits per heavy atom. The van der Waals surface area contributed by atoms with Crippen molar-refractivity contribution in [1.82, 2.24) is 15.3 Å². The zero-order valence-corrected chi connectivity index (χ0v) is 14.7. The molecule has 2 N–H and O–H groups in total. The Labute approximate surface area is 143 Å². The predicted octanol–water partition coefficient (Wildman–Crippen LogP) is 2.19. The number of carbonyl (C=O) groups is 1. The summed E-state index contributed by atoms with van der Waals surface area (Å²) >= 11 is 0. The number of fused-ring (bicyclic) bond motifs is 1. The minimum Gasteiger partial charge on any atom is -0.381 e. The van der Waals surface area contributed by atoms with E-state index in [2.05, 4.69) is 29.5 Å². The number of ether oxygens (including phenoxy) is 1. The van der Waals surface area contributed by atoms with Gasteiger partial charge in [-0.1, -0.05) is 13.8 Å². The van der Waals surface area contributed by atoms with Crippen LogP contribution in [0.4, 0.5) is 5.82 Å². The smallest absolute Gasteiger partial charge is 0.270 e. The number of hydrogen-bond donors (Lipinski definition) is 2. The van der Waals surface area contributed by atoms with Gasteiger partial charge in [0, 0.05) is 38.3 Å². The maximum absolute atomic E-state index is 12.2. The van der Waals surface area contributed by atoms with Gasteiger partial charge in [0.05, 0.1) is 0 Å². The quantitative estimate of drug-likeness (QED) is 0.835. The van der Waals surface area contributed by atoms with E-state index in [-0.39, 0.29) is 5.91 Å². The minimum atomic E-state index is -0.0765. The first-order valence-electron chi connectivity index (χ1n) is 9.13. The molecule has 3 rings (SSSR count). The first-order chi connectivity index (χ1) is 11.6. The Morgan fingerprint density at radius 3 is 3.00 bits per heavy atom. The molecule has 2 aliphatic heterocycles. The minimum absolute atomic E-state index is 0.0765. The van der Waals surface area contributed by atoms with E-state index in [1.165, 1.54) is 6.42 Å². The van der Waals surface area contributed by atoms with Crippen LogP contribution in [0.5, 0.6) is 0 Å². The fourth-order valence-electron chi connectivity index (χ4n) is 3.37. The lowest BCUT2D eigenvalue weighted by atomic mass is 9.98. The van der Waals surface area contributed by atoms with Crippen molar-refractivity contribution < 1.29 is 9.53 Å². The van der Waals surface area contributed by atoms with E-state index in [0.29, 0.717) is 24.1 Å². The van der Waals surface area contributed by atoms with Crippen molar-refractivity contribution in [2.24, 2.45) is 11.8 Å². The van der Waals surface area contributed by atoms with Crippen molar-refractivity contribution in [3.8, 4) is 0 Å². The fraction of sp³-hybridized carbons (Fsp3) is 0.722. The van der Waals surface area contributed by atoms with Crippen LogP contribution in [0.25, 0.3) is 0 Å². The molecular weight excluding hydrogens is 304 g/mol. The topological polar surface area (TPSA) is 76.1 Å². The van der Waals surface area contributed by atoms with Crippen LogP contribution >= 0.6 is 0 Å². The molecule has 6 heteroatoms. The van der Waals surface area contributed by atoms with Crippen LogP contribution < -0.4 is 10.6 Å². The molecule has 0 spiro atoms. The number of aromatic nitrogens is 2. The van der Waals surface area contributed by atoms with E-state index in [9.17, 15) is 4.79 Å². The first-order valence-corrected chi connectivity index (χ1v) is 9.13. The fourth-order valence-corrected chi connectivity index (χ4v) is 3.37. The second kappa shape index (κ2) is 7.92. The van der Waals surface area contributed by atoms with Crippen molar-refractivity contribution in [1.29, 1.82) is 0 Å². The van der Waals surface area contributed by atoms with E-state index >= 15 is 0 Å². The molecule has 1 unspecified atom stereocenters. The summed E-state index contributed by atoms with van der Waals surface area (Å²) in [4.78, 5) is 21.4. The third kappa shape index (κ3) is 4.23. The number of nitrogens with zero attached hydrogens (tertiary/aromatic N) is 2. The van der Waals surface area contributed by atoms with Gasteiger partial charge >= 0.3 is 0 Å². The molecule has 0 saturated carbocycles. The summed E-state index contributed by atoms with van der Waals surface area (Å²) in [5.41, 5.74) is 1.52.